The van der Waals surface area contributed by atoms with E-state index in [1.165, 1.54) is 15.7 Å². The van der Waals surface area contributed by atoms with Crippen LogP contribution in [-0.2, 0) is 16.0 Å². The zero-order chi connectivity index (χ0) is 27.2. The number of nitrogens with zero attached hydrogens (tertiary/aromatic N) is 3. The van der Waals surface area contributed by atoms with Gasteiger partial charge in [-0.2, -0.15) is 8.78 Å². The number of carbonyl (C=O) groups is 1. The van der Waals surface area contributed by atoms with Crippen molar-refractivity contribution in [3.05, 3.63) is 86.9 Å². The van der Waals surface area contributed by atoms with Crippen LogP contribution in [0.4, 0.5) is 19.0 Å². The van der Waals surface area contributed by atoms with Crippen molar-refractivity contribution in [1.82, 2.24) is 13.1 Å². The Labute approximate surface area is 217 Å². The van der Waals surface area contributed by atoms with Crippen LogP contribution >= 0.6 is 0 Å². The number of amides is 1. The first kappa shape index (κ1) is 26.1. The summed E-state index contributed by atoms with van der Waals surface area (Å²) in [6, 6.07) is 12.2. The molecule has 2 aromatic carbocycles. The molecule has 0 aliphatic carbocycles. The molecule has 3 atom stereocenters. The molecule has 38 heavy (non-hydrogen) atoms. The first-order valence-electron chi connectivity index (χ1n) is 11.2. The average Bonchev–Trinajstić information content (AvgIpc) is 3.32. The molecule has 3 N–H and O–H groups in total. The Balaban J connectivity index is 1.29. The van der Waals surface area contributed by atoms with Crippen LogP contribution in [0.3, 0.4) is 0 Å². The van der Waals surface area contributed by atoms with Crippen molar-refractivity contribution >= 4 is 36.1 Å². The summed E-state index contributed by atoms with van der Waals surface area (Å²) in [6.07, 6.45) is -5.49. The number of aliphatic hydroxyl groups excluding tert-OH is 2. The summed E-state index contributed by atoms with van der Waals surface area (Å²) in [5, 5.41) is 21.6. The van der Waals surface area contributed by atoms with Gasteiger partial charge in [0.2, 0.25) is 6.23 Å². The van der Waals surface area contributed by atoms with E-state index in [4.69, 9.17) is 9.84 Å². The van der Waals surface area contributed by atoms with E-state index in [2.05, 4.69) is 10.3 Å². The summed E-state index contributed by atoms with van der Waals surface area (Å²) < 4.78 is 51.1. The van der Waals surface area contributed by atoms with E-state index in [0.717, 1.165) is 22.6 Å². The standard InChI is InChI=1S/C24H19F3N4O6Se/c25-14-9-12(5-6-15(14)31-21(35)13-3-1-2-4-17(13)38-31)10-19(33)28-18-7-8-30(23(36)29-18)22-24(26,27)20(34)16(11-32)37-22/h1-9,16,20,22,32,34H,10-11H2,(H,28,29,33,36). The van der Waals surface area contributed by atoms with E-state index >= 15 is 0 Å². The van der Waals surface area contributed by atoms with E-state index in [-0.39, 0.29) is 29.0 Å². The SMILES string of the molecule is O=C(Cc1ccc(-n2[se]c3ccccc3c2=O)c(F)c1)Nc1ccn(C2OC(CO)C(O)C2(F)F)c(=O)n1. The second-order valence-corrected chi connectivity index (χ2v) is 10.6. The van der Waals surface area contributed by atoms with E-state index in [1.807, 2.05) is 6.07 Å². The number of hydrogen-bond acceptors (Lipinski definition) is 7. The number of carbonyl (C=O) groups excluding carboxylic acids is 1. The van der Waals surface area contributed by atoms with Gasteiger partial charge in [0.05, 0.1) is 6.61 Å². The van der Waals surface area contributed by atoms with E-state index in [9.17, 15) is 32.7 Å². The summed E-state index contributed by atoms with van der Waals surface area (Å²) in [5.74, 6) is -5.45. The van der Waals surface area contributed by atoms with Crippen molar-refractivity contribution in [3.8, 4) is 5.69 Å². The summed E-state index contributed by atoms with van der Waals surface area (Å²) >= 11 is -0.427. The number of ether oxygens (including phenoxy) is 1. The van der Waals surface area contributed by atoms with Crippen LogP contribution in [0, 0.1) is 5.82 Å². The number of halogens is 3. The Bertz CT molecular complexity index is 1650. The van der Waals surface area contributed by atoms with Crippen molar-refractivity contribution in [2.45, 2.75) is 30.8 Å². The van der Waals surface area contributed by atoms with Gasteiger partial charge in [-0.25, -0.2) is 0 Å². The van der Waals surface area contributed by atoms with E-state index in [0.29, 0.717) is 9.95 Å². The Hall–Kier alpha value is -3.55. The van der Waals surface area contributed by atoms with Crippen LogP contribution in [0.5, 0.6) is 0 Å². The van der Waals surface area contributed by atoms with Gasteiger partial charge in [0.15, 0.2) is 6.10 Å². The second kappa shape index (κ2) is 9.97. The minimum absolute atomic E-state index is 0.0973. The molecule has 0 bridgehead atoms. The van der Waals surface area contributed by atoms with E-state index in [1.54, 1.807) is 18.2 Å². The van der Waals surface area contributed by atoms with Gasteiger partial charge in [-0.3, -0.25) is 0 Å². The van der Waals surface area contributed by atoms with Gasteiger partial charge in [0, 0.05) is 0 Å². The maximum atomic E-state index is 14.9. The number of aromatic nitrogens is 3. The summed E-state index contributed by atoms with van der Waals surface area (Å²) in [7, 11) is 0. The predicted molar refractivity (Wildman–Crippen MR) is 129 cm³/mol. The van der Waals surface area contributed by atoms with Crippen LogP contribution in [0.25, 0.3) is 15.3 Å². The molecular weight excluding hydrogens is 576 g/mol. The molecule has 3 unspecified atom stereocenters. The Morgan fingerprint density at radius 2 is 1.95 bits per heavy atom. The number of anilines is 1. The fourth-order valence-corrected chi connectivity index (χ4v) is 6.24. The fourth-order valence-electron chi connectivity index (χ4n) is 4.11. The summed E-state index contributed by atoms with van der Waals surface area (Å²) in [5.41, 5.74) is -1.10. The van der Waals surface area contributed by atoms with Gasteiger partial charge in [0.1, 0.15) is 6.10 Å². The Kier molecular flexibility index (Phi) is 6.84. The van der Waals surface area contributed by atoms with E-state index < -0.39 is 63.1 Å². The molecule has 0 spiro atoms. The number of aliphatic hydroxyl groups is 2. The number of fused-ring (bicyclic) bond motifs is 1. The first-order chi connectivity index (χ1) is 18.1. The van der Waals surface area contributed by atoms with Crippen LogP contribution in [0.2, 0.25) is 0 Å². The van der Waals surface area contributed by atoms with Crippen molar-refractivity contribution in [2.75, 3.05) is 11.9 Å². The normalized spacial score (nSPS) is 20.6. The molecule has 3 heterocycles. The summed E-state index contributed by atoms with van der Waals surface area (Å²) in [6.45, 7) is -0.881. The first-order valence-corrected chi connectivity index (χ1v) is 12.8. The number of hydrogen-bond donors (Lipinski definition) is 3. The maximum absolute atomic E-state index is 14.9. The van der Waals surface area contributed by atoms with Crippen LogP contribution in [0.1, 0.15) is 11.8 Å². The average molecular weight is 595 g/mol. The molecule has 5 rings (SSSR count). The summed E-state index contributed by atoms with van der Waals surface area (Å²) in [4.78, 5) is 41.0. The van der Waals surface area contributed by atoms with Gasteiger partial charge in [-0.15, -0.1) is 0 Å². The van der Waals surface area contributed by atoms with Crippen molar-refractivity contribution in [1.29, 1.82) is 0 Å². The van der Waals surface area contributed by atoms with Crippen molar-refractivity contribution in [3.63, 3.8) is 0 Å². The minimum atomic E-state index is -3.87. The Morgan fingerprint density at radius 3 is 2.61 bits per heavy atom. The molecular formula is C24H19F3N4O6Se. The van der Waals surface area contributed by atoms with Gasteiger partial charge >= 0.3 is 169 Å². The topological polar surface area (TPSA) is 136 Å². The third-order valence-electron chi connectivity index (χ3n) is 6.00. The van der Waals surface area contributed by atoms with Gasteiger partial charge < -0.3 is 14.9 Å². The number of alkyl halides is 2. The van der Waals surface area contributed by atoms with Crippen molar-refractivity contribution in [2.24, 2.45) is 0 Å². The third-order valence-corrected chi connectivity index (χ3v) is 8.30. The fraction of sp³-hybridized carbons (Fsp3) is 0.250. The van der Waals surface area contributed by atoms with Crippen molar-refractivity contribution < 1.29 is 32.9 Å². The molecule has 1 aliphatic heterocycles. The van der Waals surface area contributed by atoms with Crippen LogP contribution in [0.15, 0.2) is 64.3 Å². The number of nitrogens with one attached hydrogen (secondary N) is 1. The molecule has 0 radical (unpaired) electrons. The molecule has 4 aromatic rings. The zero-order valence-corrected chi connectivity index (χ0v) is 21.0. The molecule has 1 fully saturated rings. The molecule has 1 aliphatic rings. The Morgan fingerprint density at radius 1 is 1.18 bits per heavy atom. The number of rotatable bonds is 6. The monoisotopic (exact) mass is 596 g/mol. The van der Waals surface area contributed by atoms with Crippen LogP contribution < -0.4 is 16.6 Å². The molecule has 198 valence electrons. The molecule has 1 amide bonds. The molecule has 1 saturated heterocycles. The molecule has 2 aromatic heterocycles. The van der Waals surface area contributed by atoms with Gasteiger partial charge in [-0.05, 0) is 0 Å². The number of benzene rings is 2. The molecule has 10 nitrogen and oxygen atoms in total. The van der Waals surface area contributed by atoms with Gasteiger partial charge in [0.25, 0.3) is 0 Å². The van der Waals surface area contributed by atoms with Gasteiger partial charge in [-0.1, -0.05) is 0 Å². The second-order valence-electron chi connectivity index (χ2n) is 8.53. The predicted octanol–water partition coefficient (Wildman–Crippen LogP) is 0.811. The quantitative estimate of drug-likeness (QED) is 0.281. The van der Waals surface area contributed by atoms with Crippen LogP contribution in [-0.4, -0.2) is 68.7 Å². The third kappa shape index (κ3) is 4.61. The zero-order valence-electron chi connectivity index (χ0n) is 19.3. The molecule has 14 heteroatoms. The molecule has 0 saturated carbocycles.